The lowest BCUT2D eigenvalue weighted by Gasteiger charge is -2.67. The number of carbonyl (C=O) groups excluding carboxylic acids is 2. The third kappa shape index (κ3) is 2.35. The summed E-state index contributed by atoms with van der Waals surface area (Å²) in [5, 5.41) is 45.8. The molecule has 7 heteroatoms. The summed E-state index contributed by atoms with van der Waals surface area (Å²) in [6, 6.07) is 0. The standard InChI is InChI=1S/C23H34O7/c1-13(24)21(27)9-10-23(29)20(21,4)18(30-14(2)25)12-17-19(3)7-6-16(26)11-15(19)5-8-22(17,23)28/h5,16-18,26-29H,6-12H2,1-4H3/t16-,17?,18?,19-,20?,21?,22-,23+/m0/s1. The van der Waals surface area contributed by atoms with Gasteiger partial charge in [0.15, 0.2) is 5.78 Å². The van der Waals surface area contributed by atoms with E-state index in [9.17, 15) is 30.0 Å². The minimum atomic E-state index is -1.91. The van der Waals surface area contributed by atoms with Crippen LogP contribution in [0, 0.1) is 16.7 Å². The fourth-order valence-electron chi connectivity index (χ4n) is 7.57. The second-order valence-corrected chi connectivity index (χ2v) is 10.5. The first-order chi connectivity index (χ1) is 13.8. The number of Topliss-reactive ketones (excluding diaryl/α,β-unsaturated/α-hetero) is 1. The van der Waals surface area contributed by atoms with E-state index in [1.807, 2.05) is 13.0 Å². The molecule has 0 heterocycles. The molecule has 0 bridgehead atoms. The molecule has 4 unspecified atom stereocenters. The number of carbonyl (C=O) groups is 2. The Morgan fingerprint density at radius 1 is 1.10 bits per heavy atom. The predicted octanol–water partition coefficient (Wildman–Crippen LogP) is 1.40. The van der Waals surface area contributed by atoms with E-state index in [2.05, 4.69) is 0 Å². The Morgan fingerprint density at radius 3 is 2.37 bits per heavy atom. The van der Waals surface area contributed by atoms with Crippen LogP contribution in [0.1, 0.15) is 72.6 Å². The maximum Gasteiger partial charge on any atom is 0.302 e. The molecule has 3 saturated carbocycles. The molecule has 0 amide bonds. The highest BCUT2D eigenvalue weighted by atomic mass is 16.5. The molecule has 7 nitrogen and oxygen atoms in total. The molecule has 4 aliphatic rings. The molecule has 168 valence electrons. The lowest BCUT2D eigenvalue weighted by molar-refractivity contribution is -0.314. The van der Waals surface area contributed by atoms with Gasteiger partial charge < -0.3 is 25.2 Å². The van der Waals surface area contributed by atoms with Crippen molar-refractivity contribution in [1.82, 2.24) is 0 Å². The van der Waals surface area contributed by atoms with Crippen molar-refractivity contribution < 1.29 is 34.8 Å². The summed E-state index contributed by atoms with van der Waals surface area (Å²) in [5.41, 5.74) is -6.26. The summed E-state index contributed by atoms with van der Waals surface area (Å²) >= 11 is 0. The number of aliphatic hydroxyl groups excluding tert-OH is 1. The number of fused-ring (bicyclic) bond motifs is 5. The highest BCUT2D eigenvalue weighted by molar-refractivity contribution is 5.87. The van der Waals surface area contributed by atoms with E-state index in [1.54, 1.807) is 6.92 Å². The summed E-state index contributed by atoms with van der Waals surface area (Å²) < 4.78 is 5.67. The number of rotatable bonds is 2. The third-order valence-corrected chi connectivity index (χ3v) is 9.46. The largest absolute Gasteiger partial charge is 0.462 e. The summed E-state index contributed by atoms with van der Waals surface area (Å²) in [6.45, 7) is 6.18. The van der Waals surface area contributed by atoms with Gasteiger partial charge in [0, 0.05) is 12.8 Å². The van der Waals surface area contributed by atoms with Crippen LogP contribution in [0.25, 0.3) is 0 Å². The third-order valence-electron chi connectivity index (χ3n) is 9.46. The van der Waals surface area contributed by atoms with E-state index in [4.69, 9.17) is 4.74 Å². The molecule has 0 saturated heterocycles. The van der Waals surface area contributed by atoms with E-state index in [0.29, 0.717) is 19.3 Å². The van der Waals surface area contributed by atoms with Crippen molar-refractivity contribution in [1.29, 1.82) is 0 Å². The van der Waals surface area contributed by atoms with Gasteiger partial charge in [0.1, 0.15) is 22.9 Å². The molecular weight excluding hydrogens is 388 g/mol. The average molecular weight is 423 g/mol. The van der Waals surface area contributed by atoms with Crippen molar-refractivity contribution in [2.45, 2.75) is 102 Å². The van der Waals surface area contributed by atoms with Gasteiger partial charge in [-0.1, -0.05) is 18.6 Å². The van der Waals surface area contributed by atoms with Crippen LogP contribution in [0.15, 0.2) is 11.6 Å². The molecule has 0 aromatic carbocycles. The quantitative estimate of drug-likeness (QED) is 0.392. The molecule has 0 aliphatic heterocycles. The normalized spacial score (nSPS) is 52.5. The Hall–Kier alpha value is -1.28. The van der Waals surface area contributed by atoms with Crippen LogP contribution in [0.4, 0.5) is 0 Å². The van der Waals surface area contributed by atoms with Gasteiger partial charge in [-0.05, 0) is 64.2 Å². The molecule has 0 aromatic heterocycles. The van der Waals surface area contributed by atoms with E-state index in [1.165, 1.54) is 13.8 Å². The van der Waals surface area contributed by atoms with Crippen molar-refractivity contribution in [2.24, 2.45) is 16.7 Å². The first-order valence-electron chi connectivity index (χ1n) is 11.0. The Bertz CT molecular complexity index is 822. The Kier molecular flexibility index (Phi) is 4.66. The molecule has 4 aliphatic carbocycles. The Labute approximate surface area is 177 Å². The number of ketones is 1. The SMILES string of the molecule is CC(=O)OC1CC2[C@@]3(C)CC[C@H](O)CC3=CC[C@@]2(O)[C@@]2(O)CCC(O)(C(C)=O)C12C. The van der Waals surface area contributed by atoms with Crippen LogP contribution in [-0.4, -0.2) is 61.2 Å². The first kappa shape index (κ1) is 21.9. The molecule has 4 rings (SSSR count). The summed E-state index contributed by atoms with van der Waals surface area (Å²) in [7, 11) is 0. The van der Waals surface area contributed by atoms with Gasteiger partial charge in [-0.2, -0.15) is 0 Å². The van der Waals surface area contributed by atoms with Crippen molar-refractivity contribution >= 4 is 11.8 Å². The topological polar surface area (TPSA) is 124 Å². The average Bonchev–Trinajstić information content (AvgIpc) is 2.88. The van der Waals surface area contributed by atoms with Crippen molar-refractivity contribution in [3.05, 3.63) is 11.6 Å². The fourth-order valence-corrected chi connectivity index (χ4v) is 7.57. The van der Waals surface area contributed by atoms with Crippen LogP contribution in [0.3, 0.4) is 0 Å². The van der Waals surface area contributed by atoms with Crippen LogP contribution in [0.2, 0.25) is 0 Å². The number of esters is 1. The minimum absolute atomic E-state index is 0.00583. The van der Waals surface area contributed by atoms with Gasteiger partial charge in [0.05, 0.1) is 11.5 Å². The first-order valence-corrected chi connectivity index (χ1v) is 11.0. The maximum atomic E-state index is 12.6. The van der Waals surface area contributed by atoms with Crippen molar-refractivity contribution in [3.63, 3.8) is 0 Å². The predicted molar refractivity (Wildman–Crippen MR) is 107 cm³/mol. The number of ether oxygens (including phenoxy) is 1. The Balaban J connectivity index is 1.91. The lowest BCUT2D eigenvalue weighted by atomic mass is 9.42. The highest BCUT2D eigenvalue weighted by Crippen LogP contribution is 2.70. The summed E-state index contributed by atoms with van der Waals surface area (Å²) in [4.78, 5) is 24.6. The molecule has 3 fully saturated rings. The fraction of sp³-hybridized carbons (Fsp3) is 0.826. The van der Waals surface area contributed by atoms with Gasteiger partial charge >= 0.3 is 5.97 Å². The molecule has 8 atom stereocenters. The van der Waals surface area contributed by atoms with Crippen molar-refractivity contribution in [2.75, 3.05) is 0 Å². The van der Waals surface area contributed by atoms with Gasteiger partial charge in [-0.25, -0.2) is 0 Å². The van der Waals surface area contributed by atoms with E-state index >= 15 is 0 Å². The van der Waals surface area contributed by atoms with E-state index < -0.39 is 57.5 Å². The van der Waals surface area contributed by atoms with Gasteiger partial charge in [-0.3, -0.25) is 9.59 Å². The van der Waals surface area contributed by atoms with E-state index in [0.717, 1.165) is 5.57 Å². The zero-order chi connectivity index (χ0) is 22.3. The van der Waals surface area contributed by atoms with E-state index in [-0.39, 0.29) is 25.7 Å². The molecule has 30 heavy (non-hydrogen) atoms. The summed E-state index contributed by atoms with van der Waals surface area (Å²) in [6.07, 6.45) is 2.76. The number of hydrogen-bond donors (Lipinski definition) is 4. The summed E-state index contributed by atoms with van der Waals surface area (Å²) in [5.74, 6) is -1.49. The smallest absolute Gasteiger partial charge is 0.302 e. The number of aliphatic hydroxyl groups is 4. The monoisotopic (exact) mass is 422 g/mol. The molecule has 0 radical (unpaired) electrons. The van der Waals surface area contributed by atoms with Gasteiger partial charge in [0.25, 0.3) is 0 Å². The zero-order valence-corrected chi connectivity index (χ0v) is 18.3. The molecular formula is C23H34O7. The van der Waals surface area contributed by atoms with Gasteiger partial charge in [0.2, 0.25) is 0 Å². The van der Waals surface area contributed by atoms with Crippen molar-refractivity contribution in [3.8, 4) is 0 Å². The highest BCUT2D eigenvalue weighted by Gasteiger charge is 2.81. The number of hydrogen-bond acceptors (Lipinski definition) is 7. The van der Waals surface area contributed by atoms with Crippen LogP contribution >= 0.6 is 0 Å². The van der Waals surface area contributed by atoms with Gasteiger partial charge in [-0.15, -0.1) is 0 Å². The van der Waals surface area contributed by atoms with Crippen LogP contribution < -0.4 is 0 Å². The second kappa shape index (κ2) is 6.37. The molecule has 4 N–H and O–H groups in total. The second-order valence-electron chi connectivity index (χ2n) is 10.5. The zero-order valence-electron chi connectivity index (χ0n) is 18.3. The minimum Gasteiger partial charge on any atom is -0.462 e. The lowest BCUT2D eigenvalue weighted by Crippen LogP contribution is -2.78. The molecule has 0 spiro atoms. The maximum absolute atomic E-state index is 12.6. The molecule has 0 aromatic rings. The Morgan fingerprint density at radius 2 is 1.77 bits per heavy atom. The van der Waals surface area contributed by atoms with Crippen LogP contribution in [0.5, 0.6) is 0 Å². The van der Waals surface area contributed by atoms with Crippen LogP contribution in [-0.2, 0) is 14.3 Å².